The third-order valence-electron chi connectivity index (χ3n) is 4.53. The molecule has 0 aliphatic heterocycles. The molecule has 0 saturated heterocycles. The average Bonchev–Trinajstić information content (AvgIpc) is 2.56. The number of hydrogen-bond acceptors (Lipinski definition) is 3. The summed E-state index contributed by atoms with van der Waals surface area (Å²) in [6, 6.07) is 5.99. The Balaban J connectivity index is 2.33. The van der Waals surface area contributed by atoms with E-state index in [4.69, 9.17) is 11.5 Å². The van der Waals surface area contributed by atoms with Crippen molar-refractivity contribution < 1.29 is 5.11 Å². The van der Waals surface area contributed by atoms with Crippen LogP contribution in [0.15, 0.2) is 18.2 Å². The van der Waals surface area contributed by atoms with Crippen LogP contribution < -0.4 is 11.5 Å². The van der Waals surface area contributed by atoms with E-state index >= 15 is 0 Å². The summed E-state index contributed by atoms with van der Waals surface area (Å²) in [5.41, 5.74) is 13.6. The lowest BCUT2D eigenvalue weighted by molar-refractivity contribution is 0.464. The van der Waals surface area contributed by atoms with Gasteiger partial charge in [0.05, 0.1) is 0 Å². The van der Waals surface area contributed by atoms with Crippen molar-refractivity contribution in [1.29, 1.82) is 0 Å². The zero-order valence-corrected chi connectivity index (χ0v) is 14.7. The van der Waals surface area contributed by atoms with Gasteiger partial charge in [0.2, 0.25) is 0 Å². The molecule has 1 aromatic rings. The Bertz CT molecular complexity index is 407. The van der Waals surface area contributed by atoms with E-state index in [-0.39, 0.29) is 0 Å². The molecule has 23 heavy (non-hydrogen) atoms. The maximum Gasteiger partial charge on any atom is 0.119 e. The zero-order chi connectivity index (χ0) is 16.8. The minimum absolute atomic E-state index is 0.479. The summed E-state index contributed by atoms with van der Waals surface area (Å²) in [5.74, 6) is 0.479. The summed E-state index contributed by atoms with van der Waals surface area (Å²) in [6.07, 6.45) is 14.2. The fourth-order valence-corrected chi connectivity index (χ4v) is 3.11. The highest BCUT2D eigenvalue weighted by Gasteiger charge is 2.07. The summed E-state index contributed by atoms with van der Waals surface area (Å²) >= 11 is 0. The van der Waals surface area contributed by atoms with E-state index in [2.05, 4.69) is 6.07 Å². The van der Waals surface area contributed by atoms with Gasteiger partial charge in [0, 0.05) is 0 Å². The molecule has 3 heteroatoms. The molecule has 3 nitrogen and oxygen atoms in total. The van der Waals surface area contributed by atoms with Crippen molar-refractivity contribution in [3.8, 4) is 5.75 Å². The summed E-state index contributed by atoms with van der Waals surface area (Å²) in [5, 5.41) is 10.2. The molecule has 5 N–H and O–H groups in total. The van der Waals surface area contributed by atoms with Crippen molar-refractivity contribution in [1.82, 2.24) is 0 Å². The van der Waals surface area contributed by atoms with E-state index in [1.165, 1.54) is 56.1 Å². The molecule has 1 rings (SSSR count). The van der Waals surface area contributed by atoms with Crippen LogP contribution in [0.5, 0.6) is 5.75 Å². The molecule has 0 spiro atoms. The quantitative estimate of drug-likeness (QED) is 0.448. The van der Waals surface area contributed by atoms with Crippen LogP contribution in [0.4, 0.5) is 0 Å². The SMILES string of the molecule is NCCCCCCCc1cccc(O)c1CCCCCCCN. The minimum Gasteiger partial charge on any atom is -0.508 e. The van der Waals surface area contributed by atoms with Crippen molar-refractivity contribution >= 4 is 0 Å². The molecule has 0 aliphatic carbocycles. The monoisotopic (exact) mass is 320 g/mol. The molecule has 0 heterocycles. The van der Waals surface area contributed by atoms with Crippen molar-refractivity contribution in [2.24, 2.45) is 11.5 Å². The van der Waals surface area contributed by atoms with Gasteiger partial charge in [-0.2, -0.15) is 0 Å². The van der Waals surface area contributed by atoms with E-state index in [0.717, 1.165) is 45.2 Å². The van der Waals surface area contributed by atoms with E-state index in [1.54, 1.807) is 0 Å². The highest BCUT2D eigenvalue weighted by atomic mass is 16.3. The van der Waals surface area contributed by atoms with Gasteiger partial charge in [0.1, 0.15) is 5.75 Å². The summed E-state index contributed by atoms with van der Waals surface area (Å²) in [4.78, 5) is 0. The first kappa shape index (κ1) is 20.0. The van der Waals surface area contributed by atoms with Gasteiger partial charge in [-0.25, -0.2) is 0 Å². The summed E-state index contributed by atoms with van der Waals surface area (Å²) < 4.78 is 0. The Morgan fingerprint density at radius 2 is 1.17 bits per heavy atom. The Morgan fingerprint density at radius 1 is 0.652 bits per heavy atom. The molecule has 0 amide bonds. The van der Waals surface area contributed by atoms with Crippen LogP contribution in [0.2, 0.25) is 0 Å². The van der Waals surface area contributed by atoms with E-state index in [0.29, 0.717) is 5.75 Å². The van der Waals surface area contributed by atoms with Gasteiger partial charge in [-0.1, -0.05) is 50.7 Å². The third-order valence-corrected chi connectivity index (χ3v) is 4.53. The molecule has 0 radical (unpaired) electrons. The van der Waals surface area contributed by atoms with Gasteiger partial charge in [-0.05, 0) is 68.8 Å². The lowest BCUT2D eigenvalue weighted by atomic mass is 9.95. The predicted octanol–water partition coefficient (Wildman–Crippen LogP) is 4.30. The number of hydrogen-bond donors (Lipinski definition) is 3. The van der Waals surface area contributed by atoms with Crippen molar-refractivity contribution in [3.05, 3.63) is 29.3 Å². The van der Waals surface area contributed by atoms with Crippen molar-refractivity contribution in [2.45, 2.75) is 77.0 Å². The van der Waals surface area contributed by atoms with Crippen LogP contribution in [-0.2, 0) is 12.8 Å². The molecular weight excluding hydrogens is 284 g/mol. The third kappa shape index (κ3) is 8.97. The second kappa shape index (κ2) is 13.4. The Kier molecular flexibility index (Phi) is 11.6. The standard InChI is InChI=1S/C20H36N2O/c21-16-9-5-1-3-7-12-18-13-11-15-20(23)19(18)14-8-4-2-6-10-17-22/h11,13,15,23H,1-10,12,14,16-17,21-22H2. The number of phenols is 1. The topological polar surface area (TPSA) is 72.3 Å². The van der Waals surface area contributed by atoms with Crippen LogP contribution in [0.1, 0.15) is 75.3 Å². The average molecular weight is 321 g/mol. The number of unbranched alkanes of at least 4 members (excludes halogenated alkanes) is 8. The summed E-state index contributed by atoms with van der Waals surface area (Å²) in [7, 11) is 0. The number of rotatable bonds is 14. The molecule has 0 fully saturated rings. The fraction of sp³-hybridized carbons (Fsp3) is 0.700. The first-order valence-electron chi connectivity index (χ1n) is 9.49. The van der Waals surface area contributed by atoms with Crippen LogP contribution in [0.25, 0.3) is 0 Å². The smallest absolute Gasteiger partial charge is 0.119 e. The highest BCUT2D eigenvalue weighted by molar-refractivity contribution is 5.39. The predicted molar refractivity (Wildman–Crippen MR) is 99.8 cm³/mol. The van der Waals surface area contributed by atoms with Crippen LogP contribution >= 0.6 is 0 Å². The Labute approximate surface area is 142 Å². The maximum atomic E-state index is 10.2. The Morgan fingerprint density at radius 3 is 1.78 bits per heavy atom. The first-order chi connectivity index (χ1) is 11.3. The van der Waals surface area contributed by atoms with E-state index in [1.807, 2.05) is 12.1 Å². The van der Waals surface area contributed by atoms with E-state index < -0.39 is 0 Å². The fourth-order valence-electron chi connectivity index (χ4n) is 3.11. The summed E-state index contributed by atoms with van der Waals surface area (Å²) in [6.45, 7) is 1.61. The highest BCUT2D eigenvalue weighted by Crippen LogP contribution is 2.25. The molecule has 0 aliphatic rings. The van der Waals surface area contributed by atoms with Gasteiger partial charge >= 0.3 is 0 Å². The lowest BCUT2D eigenvalue weighted by Crippen LogP contribution is -1.99. The number of nitrogens with two attached hydrogens (primary N) is 2. The number of aromatic hydroxyl groups is 1. The zero-order valence-electron chi connectivity index (χ0n) is 14.7. The van der Waals surface area contributed by atoms with Crippen molar-refractivity contribution in [2.75, 3.05) is 13.1 Å². The first-order valence-corrected chi connectivity index (χ1v) is 9.49. The van der Waals surface area contributed by atoms with Crippen LogP contribution in [0, 0.1) is 0 Å². The van der Waals surface area contributed by atoms with Crippen LogP contribution in [0.3, 0.4) is 0 Å². The van der Waals surface area contributed by atoms with Gasteiger partial charge in [0.15, 0.2) is 0 Å². The molecule has 0 saturated carbocycles. The van der Waals surface area contributed by atoms with Crippen LogP contribution in [-0.4, -0.2) is 18.2 Å². The second-order valence-electron chi connectivity index (χ2n) is 6.53. The molecule has 132 valence electrons. The molecule has 0 atom stereocenters. The lowest BCUT2D eigenvalue weighted by Gasteiger charge is -2.12. The minimum atomic E-state index is 0.479. The maximum absolute atomic E-state index is 10.2. The number of phenolic OH excluding ortho intramolecular Hbond substituents is 1. The number of aryl methyl sites for hydroxylation is 1. The molecule has 0 aromatic heterocycles. The normalized spacial score (nSPS) is 11.0. The molecule has 1 aromatic carbocycles. The van der Waals surface area contributed by atoms with Gasteiger partial charge in [0.25, 0.3) is 0 Å². The number of benzene rings is 1. The molecular formula is C20H36N2O. The van der Waals surface area contributed by atoms with Crippen molar-refractivity contribution in [3.63, 3.8) is 0 Å². The van der Waals surface area contributed by atoms with Gasteiger partial charge in [-0.3, -0.25) is 0 Å². The van der Waals surface area contributed by atoms with Gasteiger partial charge < -0.3 is 16.6 Å². The molecule has 0 unspecified atom stereocenters. The Hall–Kier alpha value is -1.06. The van der Waals surface area contributed by atoms with E-state index in [9.17, 15) is 5.11 Å². The second-order valence-corrected chi connectivity index (χ2v) is 6.53. The van der Waals surface area contributed by atoms with Gasteiger partial charge in [-0.15, -0.1) is 0 Å². The largest absolute Gasteiger partial charge is 0.508 e. The molecule has 0 bridgehead atoms.